The van der Waals surface area contributed by atoms with Crippen molar-refractivity contribution >= 4 is 5.91 Å². The van der Waals surface area contributed by atoms with Crippen LogP contribution in [0.4, 0.5) is 0 Å². The van der Waals surface area contributed by atoms with Crippen LogP contribution in [-0.2, 0) is 11.2 Å². The molecule has 30 heavy (non-hydrogen) atoms. The molecule has 1 aromatic rings. The van der Waals surface area contributed by atoms with Gasteiger partial charge in [-0.3, -0.25) is 4.79 Å². The van der Waals surface area contributed by atoms with Crippen molar-refractivity contribution < 1.29 is 27.0 Å². The van der Waals surface area contributed by atoms with Gasteiger partial charge < -0.3 is 20.6 Å². The number of carbonyl (C=O) groups excluding carboxylic acids is 1. The van der Waals surface area contributed by atoms with Gasteiger partial charge in [-0.1, -0.05) is 54.6 Å². The lowest BCUT2D eigenvalue weighted by Crippen LogP contribution is -2.21. The zero-order chi connectivity index (χ0) is 26.1. The molecule has 1 aliphatic rings. The topological polar surface area (TPSA) is 89.8 Å². The first-order valence-electron chi connectivity index (χ1n) is 13.1. The van der Waals surface area contributed by atoms with Crippen LogP contribution in [0.1, 0.15) is 57.8 Å². The Bertz CT molecular complexity index is 844. The van der Waals surface area contributed by atoms with E-state index in [1.807, 2.05) is 47.8 Å². The largest absolute Gasteiger partial charge is 0.393 e. The highest BCUT2D eigenvalue weighted by molar-refractivity contribution is 5.75. The number of aliphatic hydroxyl groups is 3. The van der Waals surface area contributed by atoms with E-state index in [1.165, 1.54) is 0 Å². The molecule has 166 valence electrons. The summed E-state index contributed by atoms with van der Waals surface area (Å²) in [6.45, 7) is -5.70. The molecule has 1 aromatic carbocycles. The number of benzene rings is 1. The van der Waals surface area contributed by atoms with Gasteiger partial charge in [0.05, 0.1) is 18.3 Å². The van der Waals surface area contributed by atoms with Crippen LogP contribution in [-0.4, -0.2) is 46.0 Å². The summed E-state index contributed by atoms with van der Waals surface area (Å²) in [7, 11) is 0. The number of allylic oxidation sites excluding steroid dienone is 2. The second-order valence-electron chi connectivity index (χ2n) is 7.86. The van der Waals surface area contributed by atoms with Crippen molar-refractivity contribution in [1.82, 2.24) is 5.32 Å². The number of rotatable bonds is 12. The second kappa shape index (κ2) is 13.4. The lowest BCUT2D eigenvalue weighted by Gasteiger charge is -2.19. The van der Waals surface area contributed by atoms with Crippen LogP contribution in [0.25, 0.3) is 0 Å². The van der Waals surface area contributed by atoms with Crippen molar-refractivity contribution in [3.05, 3.63) is 60.2 Å². The molecule has 1 amide bonds. The van der Waals surface area contributed by atoms with Crippen LogP contribution >= 0.6 is 0 Å². The molecule has 1 saturated carbocycles. The standard InChI is InChI=1S/C25H37NO4/c1-2-26-25(30)13-9-4-3-8-12-21-22(24(29)18-23(21)28)17-16-20(27)15-14-19-10-6-5-7-11-19/h3,5-8,10-11,16-17,20-24,27-29H,2,4,9,12-15,18H2,1H3,(H,26,30)/b8-3-,17-16+/t20-,21+,22+,23-,24+/m0/s1/i1D3,2D2. The first-order valence-corrected chi connectivity index (χ1v) is 10.6. The van der Waals surface area contributed by atoms with Gasteiger partial charge >= 0.3 is 0 Å². The SMILES string of the molecule is [2H]C([2H])([2H])C([2H])([2H])NC(=O)CCC/C=C\C[C@@H]1[C@@H](/C=C/[C@@H](O)CCc2ccccc2)[C@H](O)C[C@@H]1O. The Labute approximate surface area is 187 Å². The first-order chi connectivity index (χ1) is 16.4. The lowest BCUT2D eigenvalue weighted by atomic mass is 9.89. The molecule has 2 rings (SSSR count). The maximum absolute atomic E-state index is 11.8. The third kappa shape index (κ3) is 8.42. The number of aliphatic hydroxyl groups excluding tert-OH is 3. The summed E-state index contributed by atoms with van der Waals surface area (Å²) < 4.78 is 36.2. The van der Waals surface area contributed by atoms with Crippen molar-refractivity contribution in [3.8, 4) is 0 Å². The minimum Gasteiger partial charge on any atom is -0.393 e. The van der Waals surface area contributed by atoms with Crippen LogP contribution in [0.15, 0.2) is 54.6 Å². The third-order valence-electron chi connectivity index (χ3n) is 5.59. The Kier molecular flexibility index (Phi) is 7.89. The molecule has 0 heterocycles. The Morgan fingerprint density at radius 2 is 2.10 bits per heavy atom. The molecular weight excluding hydrogens is 378 g/mol. The average molecular weight is 421 g/mol. The molecule has 5 nitrogen and oxygen atoms in total. The maximum atomic E-state index is 11.8. The summed E-state index contributed by atoms with van der Waals surface area (Å²) in [5.74, 6) is -1.12. The molecule has 0 unspecified atom stereocenters. The molecule has 0 bridgehead atoms. The Morgan fingerprint density at radius 3 is 2.87 bits per heavy atom. The van der Waals surface area contributed by atoms with Crippen molar-refractivity contribution in [2.45, 2.75) is 70.1 Å². The zero-order valence-electron chi connectivity index (χ0n) is 22.3. The van der Waals surface area contributed by atoms with Gasteiger partial charge in [0, 0.05) is 32.1 Å². The highest BCUT2D eigenvalue weighted by Crippen LogP contribution is 2.36. The average Bonchev–Trinajstić information content (AvgIpc) is 3.04. The van der Waals surface area contributed by atoms with Crippen molar-refractivity contribution in [3.63, 3.8) is 0 Å². The molecule has 0 saturated heterocycles. The van der Waals surface area contributed by atoms with Gasteiger partial charge in [-0.25, -0.2) is 0 Å². The van der Waals surface area contributed by atoms with E-state index in [0.717, 1.165) is 12.0 Å². The van der Waals surface area contributed by atoms with Gasteiger partial charge in [0.2, 0.25) is 5.91 Å². The molecule has 1 fully saturated rings. The number of hydrogen-bond donors (Lipinski definition) is 4. The Morgan fingerprint density at radius 1 is 1.30 bits per heavy atom. The summed E-state index contributed by atoms with van der Waals surface area (Å²) >= 11 is 0. The fourth-order valence-corrected chi connectivity index (χ4v) is 3.90. The minimum atomic E-state index is -2.93. The van der Waals surface area contributed by atoms with Crippen LogP contribution in [0, 0.1) is 11.8 Å². The quantitative estimate of drug-likeness (QED) is 0.309. The zero-order valence-corrected chi connectivity index (χ0v) is 17.3. The number of aryl methyl sites for hydroxylation is 1. The molecule has 0 radical (unpaired) electrons. The third-order valence-corrected chi connectivity index (χ3v) is 5.59. The van der Waals surface area contributed by atoms with Crippen molar-refractivity contribution in [2.75, 3.05) is 6.50 Å². The summed E-state index contributed by atoms with van der Waals surface area (Å²) in [6.07, 6.45) is 8.34. The lowest BCUT2D eigenvalue weighted by molar-refractivity contribution is -0.121. The Balaban J connectivity index is 1.76. The molecule has 1 aliphatic carbocycles. The number of carbonyl (C=O) groups is 1. The smallest absolute Gasteiger partial charge is 0.219 e. The molecular formula is C25H37NO4. The van der Waals surface area contributed by atoms with Gasteiger partial charge in [-0.15, -0.1) is 0 Å². The summed E-state index contributed by atoms with van der Waals surface area (Å²) in [5.41, 5.74) is 1.15. The van der Waals surface area contributed by atoms with Crippen LogP contribution in [0.5, 0.6) is 0 Å². The number of unbranched alkanes of at least 4 members (excludes halogenated alkanes) is 1. The predicted octanol–water partition coefficient (Wildman–Crippen LogP) is 3.15. The van der Waals surface area contributed by atoms with Crippen LogP contribution in [0.2, 0.25) is 0 Å². The van der Waals surface area contributed by atoms with Gasteiger partial charge in [0.15, 0.2) is 0 Å². The molecule has 5 heteroatoms. The predicted molar refractivity (Wildman–Crippen MR) is 120 cm³/mol. The molecule has 0 spiro atoms. The van der Waals surface area contributed by atoms with Gasteiger partial charge in [-0.05, 0) is 50.4 Å². The van der Waals surface area contributed by atoms with Crippen LogP contribution < -0.4 is 5.32 Å². The van der Waals surface area contributed by atoms with E-state index in [4.69, 9.17) is 6.85 Å². The van der Waals surface area contributed by atoms with Gasteiger partial charge in [-0.2, -0.15) is 0 Å². The van der Waals surface area contributed by atoms with E-state index >= 15 is 0 Å². The van der Waals surface area contributed by atoms with Crippen molar-refractivity contribution in [1.29, 1.82) is 0 Å². The fraction of sp³-hybridized carbons (Fsp3) is 0.560. The maximum Gasteiger partial charge on any atom is 0.219 e. The van der Waals surface area contributed by atoms with Crippen molar-refractivity contribution in [2.24, 2.45) is 11.8 Å². The highest BCUT2D eigenvalue weighted by atomic mass is 16.3. The summed E-state index contributed by atoms with van der Waals surface area (Å²) in [4.78, 5) is 11.8. The first kappa shape index (κ1) is 17.7. The number of hydrogen-bond acceptors (Lipinski definition) is 4. The minimum absolute atomic E-state index is 0.00305. The van der Waals surface area contributed by atoms with Crippen LogP contribution in [0.3, 0.4) is 0 Å². The van der Waals surface area contributed by atoms with E-state index in [-0.39, 0.29) is 24.7 Å². The van der Waals surface area contributed by atoms with E-state index in [1.54, 1.807) is 12.2 Å². The molecule has 5 atom stereocenters. The van der Waals surface area contributed by atoms with E-state index in [0.29, 0.717) is 25.7 Å². The number of amides is 1. The van der Waals surface area contributed by atoms with E-state index < -0.39 is 37.6 Å². The normalized spacial score (nSPS) is 28.6. The Hall–Kier alpha value is -1.95. The monoisotopic (exact) mass is 420 g/mol. The van der Waals surface area contributed by atoms with Gasteiger partial charge in [0.25, 0.3) is 0 Å². The second-order valence-corrected chi connectivity index (χ2v) is 7.86. The molecule has 4 N–H and O–H groups in total. The molecule has 0 aromatic heterocycles. The van der Waals surface area contributed by atoms with E-state index in [2.05, 4.69) is 0 Å². The van der Waals surface area contributed by atoms with E-state index in [9.17, 15) is 20.1 Å². The summed E-state index contributed by atoms with van der Waals surface area (Å²) in [6, 6.07) is 9.89. The summed E-state index contributed by atoms with van der Waals surface area (Å²) in [5, 5.41) is 33.0. The molecule has 0 aliphatic heterocycles. The fourth-order valence-electron chi connectivity index (χ4n) is 3.90. The highest BCUT2D eigenvalue weighted by Gasteiger charge is 2.39. The van der Waals surface area contributed by atoms with Gasteiger partial charge in [0.1, 0.15) is 0 Å². The number of nitrogens with one attached hydrogen (secondary N) is 1.